The number of unbranched alkanes of at least 4 members (excludes halogenated alkanes) is 1. The zero-order valence-electron chi connectivity index (χ0n) is 19.8. The van der Waals surface area contributed by atoms with Gasteiger partial charge in [-0.2, -0.15) is 0 Å². The number of rotatable bonds is 5. The highest BCUT2D eigenvalue weighted by Crippen LogP contribution is 2.44. The van der Waals surface area contributed by atoms with Crippen LogP contribution in [0, 0.1) is 0 Å². The molecule has 36 heavy (non-hydrogen) atoms. The second-order valence-electron chi connectivity index (χ2n) is 9.15. The summed E-state index contributed by atoms with van der Waals surface area (Å²) < 4.78 is 23.4. The quantitative estimate of drug-likeness (QED) is 0.285. The van der Waals surface area contributed by atoms with Gasteiger partial charge in [-0.25, -0.2) is 14.6 Å². The Morgan fingerprint density at radius 3 is 2.64 bits per heavy atom. The highest BCUT2D eigenvalue weighted by Gasteiger charge is 2.50. The van der Waals surface area contributed by atoms with Crippen molar-refractivity contribution < 1.29 is 28.5 Å². The van der Waals surface area contributed by atoms with Gasteiger partial charge in [-0.05, 0) is 37.0 Å². The fourth-order valence-electron chi connectivity index (χ4n) is 5.49. The SMILES string of the molecule is CCCCc1c2c(nc3cc4c(cc13)OCO4)-c1cc3c(c(=O)n1C2)COC(=O)[C@@]3(CC)OC(=O)Cl. The van der Waals surface area contributed by atoms with Crippen molar-refractivity contribution in [2.45, 2.75) is 58.3 Å². The van der Waals surface area contributed by atoms with E-state index < -0.39 is 17.0 Å². The number of hydrogen-bond acceptors (Lipinski definition) is 8. The molecule has 0 fully saturated rings. The van der Waals surface area contributed by atoms with Crippen LogP contribution in [-0.2, 0) is 39.4 Å². The van der Waals surface area contributed by atoms with Crippen LogP contribution in [0.4, 0.5) is 4.79 Å². The number of pyridine rings is 2. The van der Waals surface area contributed by atoms with E-state index in [4.69, 9.17) is 35.5 Å². The molecule has 9 nitrogen and oxygen atoms in total. The van der Waals surface area contributed by atoms with Crippen molar-refractivity contribution in [2.24, 2.45) is 0 Å². The van der Waals surface area contributed by atoms with Crippen molar-refractivity contribution in [3.63, 3.8) is 0 Å². The van der Waals surface area contributed by atoms with Crippen LogP contribution in [0.5, 0.6) is 11.5 Å². The molecule has 3 aromatic rings. The van der Waals surface area contributed by atoms with Crippen molar-refractivity contribution in [3.05, 3.63) is 50.8 Å². The second-order valence-corrected chi connectivity index (χ2v) is 9.46. The number of fused-ring (bicyclic) bond motifs is 6. The molecule has 10 heteroatoms. The van der Waals surface area contributed by atoms with Crippen LogP contribution in [0.15, 0.2) is 23.0 Å². The first-order valence-electron chi connectivity index (χ1n) is 12.0. The summed E-state index contributed by atoms with van der Waals surface area (Å²) in [5, 5.41) is 0.967. The van der Waals surface area contributed by atoms with Gasteiger partial charge < -0.3 is 23.5 Å². The summed E-state index contributed by atoms with van der Waals surface area (Å²) in [5.41, 5.74) is 1.33. The molecule has 0 radical (unpaired) electrons. The molecule has 1 atom stereocenters. The Morgan fingerprint density at radius 1 is 1.14 bits per heavy atom. The Bertz CT molecular complexity index is 1530. The van der Waals surface area contributed by atoms with E-state index in [2.05, 4.69) is 6.92 Å². The van der Waals surface area contributed by atoms with E-state index in [9.17, 15) is 14.4 Å². The summed E-state index contributed by atoms with van der Waals surface area (Å²) in [7, 11) is 0. The number of hydrogen-bond donors (Lipinski definition) is 0. The molecule has 0 amide bonds. The third-order valence-electron chi connectivity index (χ3n) is 7.30. The molecule has 3 aliphatic rings. The maximum atomic E-state index is 13.7. The van der Waals surface area contributed by atoms with Gasteiger partial charge in [0.05, 0.1) is 29.0 Å². The minimum Gasteiger partial charge on any atom is -0.457 e. The molecule has 0 aliphatic carbocycles. The maximum absolute atomic E-state index is 13.7. The summed E-state index contributed by atoms with van der Waals surface area (Å²) in [6, 6.07) is 5.54. The van der Waals surface area contributed by atoms with Gasteiger partial charge >= 0.3 is 11.4 Å². The lowest BCUT2D eigenvalue weighted by atomic mass is 9.85. The predicted molar refractivity (Wildman–Crippen MR) is 129 cm³/mol. The van der Waals surface area contributed by atoms with Gasteiger partial charge in [0.2, 0.25) is 12.4 Å². The lowest BCUT2D eigenvalue weighted by Crippen LogP contribution is -2.46. The Morgan fingerprint density at radius 2 is 1.92 bits per heavy atom. The molecule has 5 heterocycles. The largest absolute Gasteiger partial charge is 0.457 e. The Balaban J connectivity index is 1.62. The average molecular weight is 511 g/mol. The van der Waals surface area contributed by atoms with E-state index in [1.165, 1.54) is 0 Å². The molecule has 3 aliphatic heterocycles. The van der Waals surface area contributed by atoms with Crippen LogP contribution >= 0.6 is 11.6 Å². The van der Waals surface area contributed by atoms with Gasteiger partial charge in [-0.1, -0.05) is 20.3 Å². The number of carbonyl (C=O) groups excluding carboxylic acids is 2. The standard InChI is InChI=1S/C26H23ClN2O7/c1-3-5-6-13-14-7-20-21(35-12-34-20)9-18(14)28-22-15(13)10-29-19(22)8-17-16(23(29)30)11-33-24(31)26(17,4-2)36-25(27)32/h7-9H,3-6,10-12H2,1-2H3/t26-/m0/s1. The number of halogens is 1. The number of aryl methyl sites for hydroxylation is 1. The summed E-state index contributed by atoms with van der Waals surface area (Å²) in [4.78, 5) is 43.2. The molecule has 1 aromatic carbocycles. The maximum Gasteiger partial charge on any atom is 0.405 e. The van der Waals surface area contributed by atoms with Gasteiger partial charge in [0.25, 0.3) is 5.56 Å². The van der Waals surface area contributed by atoms with E-state index in [-0.39, 0.29) is 30.9 Å². The minimum absolute atomic E-state index is 0.0589. The minimum atomic E-state index is -1.79. The summed E-state index contributed by atoms with van der Waals surface area (Å²) >= 11 is 5.54. The van der Waals surface area contributed by atoms with Crippen molar-refractivity contribution >= 4 is 33.9 Å². The van der Waals surface area contributed by atoms with Crippen LogP contribution in [-0.4, -0.2) is 27.7 Å². The number of cyclic esters (lactones) is 1. The first kappa shape index (κ1) is 22.8. The van der Waals surface area contributed by atoms with Crippen molar-refractivity contribution in [3.8, 4) is 22.9 Å². The van der Waals surface area contributed by atoms with Gasteiger partial charge in [-0.3, -0.25) is 4.79 Å². The summed E-state index contributed by atoms with van der Waals surface area (Å²) in [5.74, 6) is 0.548. The molecule has 0 saturated carbocycles. The van der Waals surface area contributed by atoms with Gasteiger partial charge in [0.15, 0.2) is 11.5 Å². The number of aromatic nitrogens is 2. The topological polar surface area (TPSA) is 106 Å². The zero-order valence-corrected chi connectivity index (χ0v) is 20.6. The average Bonchev–Trinajstić information content (AvgIpc) is 3.46. The van der Waals surface area contributed by atoms with Crippen LogP contribution in [0.25, 0.3) is 22.3 Å². The van der Waals surface area contributed by atoms with Crippen molar-refractivity contribution in [1.82, 2.24) is 9.55 Å². The van der Waals surface area contributed by atoms with E-state index in [0.29, 0.717) is 35.0 Å². The van der Waals surface area contributed by atoms with Crippen LogP contribution in [0.3, 0.4) is 0 Å². The fraction of sp³-hybridized carbons (Fsp3) is 0.385. The lowest BCUT2D eigenvalue weighted by Gasteiger charge is -2.34. The smallest absolute Gasteiger partial charge is 0.405 e. The monoisotopic (exact) mass is 510 g/mol. The van der Waals surface area contributed by atoms with E-state index in [1.807, 2.05) is 12.1 Å². The number of ether oxygens (including phenoxy) is 4. The van der Waals surface area contributed by atoms with Crippen molar-refractivity contribution in [1.29, 1.82) is 0 Å². The van der Waals surface area contributed by atoms with E-state index in [1.54, 1.807) is 17.6 Å². The number of benzene rings is 1. The second kappa shape index (κ2) is 8.23. The molecular weight excluding hydrogens is 488 g/mol. The molecule has 0 spiro atoms. The highest BCUT2D eigenvalue weighted by molar-refractivity contribution is 6.61. The van der Waals surface area contributed by atoms with E-state index >= 15 is 0 Å². The van der Waals surface area contributed by atoms with Gasteiger partial charge in [-0.15, -0.1) is 0 Å². The van der Waals surface area contributed by atoms with E-state index in [0.717, 1.165) is 41.3 Å². The molecule has 0 bridgehead atoms. The highest BCUT2D eigenvalue weighted by atomic mass is 35.5. The Kier molecular flexibility index (Phi) is 5.22. The van der Waals surface area contributed by atoms with Crippen LogP contribution in [0.2, 0.25) is 0 Å². The Labute approximate surface area is 210 Å². The van der Waals surface area contributed by atoms with Crippen LogP contribution in [0.1, 0.15) is 55.4 Å². The number of nitrogens with zero attached hydrogens (tertiary/aromatic N) is 2. The number of esters is 1. The molecular formula is C26H23ClN2O7. The van der Waals surface area contributed by atoms with Gasteiger partial charge in [0, 0.05) is 34.2 Å². The predicted octanol–water partition coefficient (Wildman–Crippen LogP) is 4.53. The fourth-order valence-corrected chi connectivity index (χ4v) is 5.62. The zero-order chi connectivity index (χ0) is 25.2. The lowest BCUT2D eigenvalue weighted by molar-refractivity contribution is -0.171. The molecule has 0 N–H and O–H groups in total. The summed E-state index contributed by atoms with van der Waals surface area (Å²) in [6.45, 7) is 4.10. The molecule has 6 rings (SSSR count). The summed E-state index contributed by atoms with van der Waals surface area (Å²) in [6.07, 6.45) is 2.84. The van der Waals surface area contributed by atoms with Gasteiger partial charge in [0.1, 0.15) is 6.61 Å². The third kappa shape index (κ3) is 3.15. The molecule has 2 aromatic heterocycles. The number of carbonyl (C=O) groups is 2. The molecule has 186 valence electrons. The van der Waals surface area contributed by atoms with Crippen LogP contribution < -0.4 is 15.0 Å². The van der Waals surface area contributed by atoms with Crippen molar-refractivity contribution in [2.75, 3.05) is 6.79 Å². The first-order valence-corrected chi connectivity index (χ1v) is 12.3. The first-order chi connectivity index (χ1) is 17.4. The third-order valence-corrected chi connectivity index (χ3v) is 7.38. The normalized spacial score (nSPS) is 19.0. The molecule has 0 unspecified atom stereocenters. The molecule has 0 saturated heterocycles. The Hall–Kier alpha value is -3.59.